The summed E-state index contributed by atoms with van der Waals surface area (Å²) in [4.78, 5) is 0. The predicted molar refractivity (Wildman–Crippen MR) is 58.0 cm³/mol. The quantitative estimate of drug-likeness (QED) is 0.494. The number of terminal acetylenes is 1. The van der Waals surface area contributed by atoms with Gasteiger partial charge in [-0.1, -0.05) is 42.7 Å². The first-order valence-corrected chi connectivity index (χ1v) is 4.46. The Morgan fingerprint density at radius 3 is 2.85 bits per heavy atom. The fourth-order valence-electron chi connectivity index (χ4n) is 1.20. The lowest BCUT2D eigenvalue weighted by Gasteiger charge is -2.09. The predicted octanol–water partition coefficient (Wildman–Crippen LogP) is 3.61. The molecule has 0 aliphatic heterocycles. The SMILES string of the molecule is C#Cc1c(Cl)cccc1C(C)C=C. The summed E-state index contributed by atoms with van der Waals surface area (Å²) in [5.74, 6) is 2.84. The number of rotatable bonds is 2. The highest BCUT2D eigenvalue weighted by Gasteiger charge is 2.08. The molecule has 66 valence electrons. The minimum absolute atomic E-state index is 0.241. The average molecular weight is 191 g/mol. The highest BCUT2D eigenvalue weighted by Crippen LogP contribution is 2.25. The van der Waals surface area contributed by atoms with E-state index in [9.17, 15) is 0 Å². The number of hydrogen-bond donors (Lipinski definition) is 0. The van der Waals surface area contributed by atoms with Gasteiger partial charge in [0.1, 0.15) is 0 Å². The van der Waals surface area contributed by atoms with E-state index in [0.29, 0.717) is 5.02 Å². The van der Waals surface area contributed by atoms with Gasteiger partial charge in [-0.25, -0.2) is 0 Å². The van der Waals surface area contributed by atoms with Crippen LogP contribution in [0.5, 0.6) is 0 Å². The van der Waals surface area contributed by atoms with Crippen LogP contribution in [0.3, 0.4) is 0 Å². The van der Waals surface area contributed by atoms with Crippen molar-refractivity contribution in [1.82, 2.24) is 0 Å². The Hall–Kier alpha value is -1.19. The van der Waals surface area contributed by atoms with E-state index in [4.69, 9.17) is 18.0 Å². The summed E-state index contributed by atoms with van der Waals surface area (Å²) in [5, 5.41) is 0.633. The van der Waals surface area contributed by atoms with Crippen molar-refractivity contribution in [3.05, 3.63) is 47.0 Å². The van der Waals surface area contributed by atoms with Crippen LogP contribution in [0.15, 0.2) is 30.9 Å². The standard InChI is InChI=1S/C12H11Cl/c1-4-9(3)11-7-6-8-12(13)10(11)5-2/h2,4,6-9H,1H2,3H3. The van der Waals surface area contributed by atoms with Gasteiger partial charge in [0.15, 0.2) is 0 Å². The van der Waals surface area contributed by atoms with E-state index in [0.717, 1.165) is 11.1 Å². The maximum absolute atomic E-state index is 5.95. The average Bonchev–Trinajstić information content (AvgIpc) is 2.16. The zero-order valence-corrected chi connectivity index (χ0v) is 8.31. The van der Waals surface area contributed by atoms with Crippen LogP contribution < -0.4 is 0 Å². The van der Waals surface area contributed by atoms with Gasteiger partial charge >= 0.3 is 0 Å². The molecule has 0 fully saturated rings. The molecule has 0 saturated heterocycles. The van der Waals surface area contributed by atoms with Crippen molar-refractivity contribution in [1.29, 1.82) is 0 Å². The monoisotopic (exact) mass is 190 g/mol. The molecule has 0 N–H and O–H groups in total. The maximum Gasteiger partial charge on any atom is 0.0565 e. The van der Waals surface area contributed by atoms with Gasteiger partial charge in [0.2, 0.25) is 0 Å². The molecule has 1 unspecified atom stereocenters. The van der Waals surface area contributed by atoms with Gasteiger partial charge in [0, 0.05) is 5.56 Å². The van der Waals surface area contributed by atoms with Crippen molar-refractivity contribution in [2.45, 2.75) is 12.8 Å². The molecule has 0 nitrogen and oxygen atoms in total. The lowest BCUT2D eigenvalue weighted by atomic mass is 9.96. The lowest BCUT2D eigenvalue weighted by molar-refractivity contribution is 0.966. The summed E-state index contributed by atoms with van der Waals surface area (Å²) in [5.41, 5.74) is 1.83. The van der Waals surface area contributed by atoms with Gasteiger partial charge in [0.05, 0.1) is 5.02 Å². The fourth-order valence-corrected chi connectivity index (χ4v) is 1.44. The molecule has 0 spiro atoms. The van der Waals surface area contributed by atoms with E-state index in [1.54, 1.807) is 6.07 Å². The summed E-state index contributed by atoms with van der Waals surface area (Å²) < 4.78 is 0. The van der Waals surface area contributed by atoms with Crippen LogP contribution in [0.4, 0.5) is 0 Å². The van der Waals surface area contributed by atoms with E-state index >= 15 is 0 Å². The minimum atomic E-state index is 0.241. The smallest absolute Gasteiger partial charge is 0.0565 e. The lowest BCUT2D eigenvalue weighted by Crippen LogP contribution is -1.93. The Labute approximate surface area is 84.2 Å². The van der Waals surface area contributed by atoms with Crippen molar-refractivity contribution in [3.63, 3.8) is 0 Å². The van der Waals surface area contributed by atoms with E-state index in [1.165, 1.54) is 0 Å². The molecule has 0 heterocycles. The third-order valence-electron chi connectivity index (χ3n) is 2.03. The van der Waals surface area contributed by atoms with Crippen molar-refractivity contribution >= 4 is 11.6 Å². The Balaban J connectivity index is 3.29. The summed E-state index contributed by atoms with van der Waals surface area (Å²) in [6, 6.07) is 5.68. The van der Waals surface area contributed by atoms with Crippen molar-refractivity contribution < 1.29 is 0 Å². The van der Waals surface area contributed by atoms with Crippen LogP contribution in [0.1, 0.15) is 24.0 Å². The number of hydrogen-bond acceptors (Lipinski definition) is 0. The van der Waals surface area contributed by atoms with Crippen LogP contribution in [-0.2, 0) is 0 Å². The van der Waals surface area contributed by atoms with Crippen LogP contribution in [0.2, 0.25) is 5.02 Å². The largest absolute Gasteiger partial charge is 0.115 e. The molecule has 1 aromatic rings. The van der Waals surface area contributed by atoms with Crippen molar-refractivity contribution in [2.75, 3.05) is 0 Å². The molecule has 0 aliphatic carbocycles. The Morgan fingerprint density at radius 2 is 2.31 bits per heavy atom. The molecule has 0 saturated carbocycles. The molecule has 1 atom stereocenters. The van der Waals surface area contributed by atoms with Gasteiger partial charge in [-0.3, -0.25) is 0 Å². The van der Waals surface area contributed by atoms with Crippen LogP contribution in [-0.4, -0.2) is 0 Å². The Kier molecular flexibility index (Phi) is 3.17. The Morgan fingerprint density at radius 1 is 1.62 bits per heavy atom. The third-order valence-corrected chi connectivity index (χ3v) is 2.35. The van der Waals surface area contributed by atoms with Gasteiger partial charge < -0.3 is 0 Å². The normalized spacial score (nSPS) is 11.8. The van der Waals surface area contributed by atoms with Gasteiger partial charge in [-0.05, 0) is 17.5 Å². The molecule has 0 aromatic heterocycles. The number of benzene rings is 1. The molecular formula is C12H11Cl. The van der Waals surface area contributed by atoms with E-state index in [2.05, 4.69) is 12.5 Å². The fraction of sp³-hybridized carbons (Fsp3) is 0.167. The molecule has 0 bridgehead atoms. The summed E-state index contributed by atoms with van der Waals surface area (Å²) in [7, 11) is 0. The van der Waals surface area contributed by atoms with Crippen LogP contribution in [0, 0.1) is 12.3 Å². The Bertz CT molecular complexity index is 358. The third kappa shape index (κ3) is 1.94. The molecule has 1 heteroatoms. The molecule has 0 radical (unpaired) electrons. The zero-order chi connectivity index (χ0) is 9.84. The molecule has 13 heavy (non-hydrogen) atoms. The van der Waals surface area contributed by atoms with E-state index in [1.807, 2.05) is 25.1 Å². The van der Waals surface area contributed by atoms with Gasteiger partial charge in [-0.15, -0.1) is 13.0 Å². The number of halogens is 1. The molecule has 0 aliphatic rings. The van der Waals surface area contributed by atoms with Crippen LogP contribution >= 0.6 is 11.6 Å². The molecular weight excluding hydrogens is 180 g/mol. The second-order valence-corrected chi connectivity index (χ2v) is 3.28. The first kappa shape index (κ1) is 9.89. The van der Waals surface area contributed by atoms with Crippen LogP contribution in [0.25, 0.3) is 0 Å². The summed E-state index contributed by atoms with van der Waals surface area (Å²) in [6.45, 7) is 5.77. The topological polar surface area (TPSA) is 0 Å². The molecule has 0 amide bonds. The van der Waals surface area contributed by atoms with Crippen molar-refractivity contribution in [3.8, 4) is 12.3 Å². The van der Waals surface area contributed by atoms with E-state index in [-0.39, 0.29) is 5.92 Å². The van der Waals surface area contributed by atoms with E-state index < -0.39 is 0 Å². The summed E-state index contributed by atoms with van der Waals surface area (Å²) >= 11 is 5.95. The maximum atomic E-state index is 5.95. The highest BCUT2D eigenvalue weighted by molar-refractivity contribution is 6.31. The minimum Gasteiger partial charge on any atom is -0.115 e. The zero-order valence-electron chi connectivity index (χ0n) is 7.55. The first-order valence-electron chi connectivity index (χ1n) is 4.08. The molecule has 1 rings (SSSR count). The second-order valence-electron chi connectivity index (χ2n) is 2.87. The van der Waals surface area contributed by atoms with Gasteiger partial charge in [0.25, 0.3) is 0 Å². The first-order chi connectivity index (χ1) is 6.20. The number of allylic oxidation sites excluding steroid dienone is 1. The second kappa shape index (κ2) is 4.16. The highest BCUT2D eigenvalue weighted by atomic mass is 35.5. The van der Waals surface area contributed by atoms with Crippen molar-refractivity contribution in [2.24, 2.45) is 0 Å². The summed E-state index contributed by atoms with van der Waals surface area (Å²) in [6.07, 6.45) is 7.23. The molecule has 1 aromatic carbocycles. The van der Waals surface area contributed by atoms with Gasteiger partial charge in [-0.2, -0.15) is 0 Å².